The van der Waals surface area contributed by atoms with Crippen molar-refractivity contribution < 1.29 is 4.39 Å². The zero-order valence-corrected chi connectivity index (χ0v) is 14.1. The summed E-state index contributed by atoms with van der Waals surface area (Å²) in [6.07, 6.45) is 0. The van der Waals surface area contributed by atoms with E-state index in [9.17, 15) is 4.39 Å². The van der Waals surface area contributed by atoms with Crippen molar-refractivity contribution in [3.05, 3.63) is 69.5 Å². The van der Waals surface area contributed by atoms with Crippen molar-refractivity contribution in [3.63, 3.8) is 0 Å². The molecule has 0 fully saturated rings. The molecular formula is C17H19Cl2FN2. The van der Waals surface area contributed by atoms with Crippen molar-refractivity contribution >= 4 is 23.2 Å². The Morgan fingerprint density at radius 2 is 1.73 bits per heavy atom. The molecule has 118 valence electrons. The van der Waals surface area contributed by atoms with E-state index in [1.807, 2.05) is 38.4 Å². The lowest BCUT2D eigenvalue weighted by Crippen LogP contribution is -2.30. The smallest absolute Gasteiger partial charge is 0.123 e. The van der Waals surface area contributed by atoms with E-state index in [4.69, 9.17) is 23.2 Å². The van der Waals surface area contributed by atoms with Crippen molar-refractivity contribution in [2.45, 2.75) is 12.6 Å². The zero-order valence-electron chi connectivity index (χ0n) is 12.6. The molecule has 0 saturated heterocycles. The highest BCUT2D eigenvalue weighted by molar-refractivity contribution is 6.42. The van der Waals surface area contributed by atoms with Crippen LogP contribution in [0, 0.1) is 5.82 Å². The van der Waals surface area contributed by atoms with E-state index in [-0.39, 0.29) is 11.9 Å². The largest absolute Gasteiger partial charge is 0.311 e. The Morgan fingerprint density at radius 1 is 1.05 bits per heavy atom. The van der Waals surface area contributed by atoms with Gasteiger partial charge in [0.2, 0.25) is 0 Å². The molecule has 0 aliphatic carbocycles. The van der Waals surface area contributed by atoms with Crippen LogP contribution >= 0.6 is 23.2 Å². The van der Waals surface area contributed by atoms with Gasteiger partial charge in [-0.1, -0.05) is 41.4 Å². The molecule has 0 radical (unpaired) electrons. The van der Waals surface area contributed by atoms with Crippen molar-refractivity contribution in [2.75, 3.05) is 20.6 Å². The Labute approximate surface area is 140 Å². The van der Waals surface area contributed by atoms with Crippen molar-refractivity contribution in [2.24, 2.45) is 0 Å². The molecule has 0 bridgehead atoms. The molecule has 0 amide bonds. The molecule has 0 spiro atoms. The van der Waals surface area contributed by atoms with E-state index < -0.39 is 0 Å². The second-order valence-electron chi connectivity index (χ2n) is 5.41. The lowest BCUT2D eigenvalue weighted by molar-refractivity contribution is 0.288. The van der Waals surface area contributed by atoms with Crippen molar-refractivity contribution in [1.82, 2.24) is 10.2 Å². The normalized spacial score (nSPS) is 12.6. The van der Waals surface area contributed by atoms with Crippen LogP contribution in [0.1, 0.15) is 17.2 Å². The van der Waals surface area contributed by atoms with Gasteiger partial charge in [-0.2, -0.15) is 0 Å². The van der Waals surface area contributed by atoms with Gasteiger partial charge in [0.05, 0.1) is 10.0 Å². The molecule has 0 aliphatic rings. The number of likely N-dealkylation sites (N-methyl/N-ethyl adjacent to an activating group) is 1. The number of hydrogen-bond acceptors (Lipinski definition) is 2. The Morgan fingerprint density at radius 3 is 2.32 bits per heavy atom. The Balaban J connectivity index is 1.97. The summed E-state index contributed by atoms with van der Waals surface area (Å²) in [5, 5.41) is 4.52. The van der Waals surface area contributed by atoms with E-state index in [0.717, 1.165) is 17.7 Å². The van der Waals surface area contributed by atoms with Crippen LogP contribution in [-0.4, -0.2) is 25.5 Å². The average Bonchev–Trinajstić information content (AvgIpc) is 2.48. The molecule has 2 aromatic carbocycles. The fourth-order valence-electron chi connectivity index (χ4n) is 2.29. The summed E-state index contributed by atoms with van der Waals surface area (Å²) in [6.45, 7) is 1.45. The minimum Gasteiger partial charge on any atom is -0.311 e. The average molecular weight is 341 g/mol. The quantitative estimate of drug-likeness (QED) is 0.831. The van der Waals surface area contributed by atoms with Crippen LogP contribution in [0.25, 0.3) is 0 Å². The molecule has 0 heterocycles. The van der Waals surface area contributed by atoms with Gasteiger partial charge in [0.15, 0.2) is 0 Å². The molecule has 0 saturated carbocycles. The second-order valence-corrected chi connectivity index (χ2v) is 6.22. The van der Waals surface area contributed by atoms with Crippen LogP contribution in [0.5, 0.6) is 0 Å². The fraction of sp³-hybridized carbons (Fsp3) is 0.294. The van der Waals surface area contributed by atoms with E-state index in [1.165, 1.54) is 12.1 Å². The van der Waals surface area contributed by atoms with Gasteiger partial charge in [0.1, 0.15) is 5.82 Å². The molecule has 1 atom stereocenters. The van der Waals surface area contributed by atoms with Crippen LogP contribution < -0.4 is 5.32 Å². The third-order valence-corrected chi connectivity index (χ3v) is 4.27. The van der Waals surface area contributed by atoms with Gasteiger partial charge < -0.3 is 10.2 Å². The summed E-state index contributed by atoms with van der Waals surface area (Å²) in [5.41, 5.74) is 2.15. The van der Waals surface area contributed by atoms with Gasteiger partial charge in [-0.25, -0.2) is 4.39 Å². The van der Waals surface area contributed by atoms with Crippen LogP contribution in [0.3, 0.4) is 0 Å². The molecular weight excluding hydrogens is 322 g/mol. The summed E-state index contributed by atoms with van der Waals surface area (Å²) in [6, 6.07) is 12.4. The highest BCUT2D eigenvalue weighted by Gasteiger charge is 2.13. The Hall–Kier alpha value is -1.13. The highest BCUT2D eigenvalue weighted by atomic mass is 35.5. The molecule has 1 N–H and O–H groups in total. The first-order valence-corrected chi connectivity index (χ1v) is 7.79. The monoisotopic (exact) mass is 340 g/mol. The number of rotatable bonds is 6. The van der Waals surface area contributed by atoms with Gasteiger partial charge in [-0.05, 0) is 49.5 Å². The molecule has 5 heteroatoms. The summed E-state index contributed by atoms with van der Waals surface area (Å²) in [7, 11) is 4.02. The van der Waals surface area contributed by atoms with Crippen LogP contribution in [0.15, 0.2) is 42.5 Å². The maximum absolute atomic E-state index is 13.0. The van der Waals surface area contributed by atoms with Gasteiger partial charge in [0.25, 0.3) is 0 Å². The first-order valence-electron chi connectivity index (χ1n) is 7.04. The number of nitrogens with zero attached hydrogens (tertiary/aromatic N) is 1. The minimum atomic E-state index is -0.218. The molecule has 22 heavy (non-hydrogen) atoms. The topological polar surface area (TPSA) is 15.3 Å². The molecule has 1 unspecified atom stereocenters. The summed E-state index contributed by atoms with van der Waals surface area (Å²) >= 11 is 11.9. The number of benzene rings is 2. The molecule has 0 aliphatic heterocycles. The highest BCUT2D eigenvalue weighted by Crippen LogP contribution is 2.23. The number of nitrogens with one attached hydrogen (secondary N) is 1. The lowest BCUT2D eigenvalue weighted by Gasteiger charge is -2.25. The lowest BCUT2D eigenvalue weighted by atomic mass is 10.1. The number of hydrogen-bond donors (Lipinski definition) is 1. The van der Waals surface area contributed by atoms with E-state index in [0.29, 0.717) is 16.6 Å². The maximum Gasteiger partial charge on any atom is 0.123 e. The summed E-state index contributed by atoms with van der Waals surface area (Å²) in [4.78, 5) is 2.11. The Bertz CT molecular complexity index is 615. The van der Waals surface area contributed by atoms with Crippen LogP contribution in [0.2, 0.25) is 10.0 Å². The van der Waals surface area contributed by atoms with E-state index in [2.05, 4.69) is 10.2 Å². The van der Waals surface area contributed by atoms with Crippen molar-refractivity contribution in [3.8, 4) is 0 Å². The third-order valence-electron chi connectivity index (χ3n) is 3.53. The van der Waals surface area contributed by atoms with E-state index in [1.54, 1.807) is 6.07 Å². The predicted molar refractivity (Wildman–Crippen MR) is 91.0 cm³/mol. The summed E-state index contributed by atoms with van der Waals surface area (Å²) < 4.78 is 13.0. The molecule has 2 aromatic rings. The molecule has 2 rings (SSSR count). The van der Waals surface area contributed by atoms with E-state index >= 15 is 0 Å². The van der Waals surface area contributed by atoms with Crippen LogP contribution in [-0.2, 0) is 6.54 Å². The molecule has 2 nitrogen and oxygen atoms in total. The third kappa shape index (κ3) is 4.68. The zero-order chi connectivity index (χ0) is 16.1. The van der Waals surface area contributed by atoms with Crippen LogP contribution in [0.4, 0.5) is 4.39 Å². The number of halogens is 3. The summed E-state index contributed by atoms with van der Waals surface area (Å²) in [5.74, 6) is -0.218. The maximum atomic E-state index is 13.0. The first kappa shape index (κ1) is 17.2. The standard InChI is InChI=1S/C17H19Cl2FN2/c1-22(2)17(13-4-6-14(20)7-5-13)11-21-10-12-3-8-15(18)16(19)9-12/h3-9,17,21H,10-11H2,1-2H3. The van der Waals surface area contributed by atoms with Gasteiger partial charge in [-0.15, -0.1) is 0 Å². The predicted octanol–water partition coefficient (Wildman–Crippen LogP) is 4.53. The second kappa shape index (κ2) is 7.93. The fourth-order valence-corrected chi connectivity index (χ4v) is 2.61. The SMILES string of the molecule is CN(C)C(CNCc1ccc(Cl)c(Cl)c1)c1ccc(F)cc1. The van der Waals surface area contributed by atoms with Gasteiger partial charge in [0, 0.05) is 19.1 Å². The van der Waals surface area contributed by atoms with Gasteiger partial charge in [-0.3, -0.25) is 0 Å². The van der Waals surface area contributed by atoms with Gasteiger partial charge >= 0.3 is 0 Å². The van der Waals surface area contributed by atoms with Crippen molar-refractivity contribution in [1.29, 1.82) is 0 Å². The minimum absolute atomic E-state index is 0.170. The Kier molecular flexibility index (Phi) is 6.21. The molecule has 0 aromatic heterocycles. The first-order chi connectivity index (χ1) is 10.5.